The highest BCUT2D eigenvalue weighted by molar-refractivity contribution is 6.27. The van der Waals surface area contributed by atoms with E-state index in [0.29, 0.717) is 12.8 Å². The van der Waals surface area contributed by atoms with Crippen LogP contribution in [0, 0.1) is 0 Å². The number of ketones is 1. The zero-order valence-corrected chi connectivity index (χ0v) is 22.3. The number of allylic oxidation sites excluding steroid dienone is 1. The van der Waals surface area contributed by atoms with Crippen LogP contribution in [-0.2, 0) is 14.4 Å². The van der Waals surface area contributed by atoms with Gasteiger partial charge in [0.1, 0.15) is 0 Å². The summed E-state index contributed by atoms with van der Waals surface area (Å²) < 4.78 is 0. The maximum absolute atomic E-state index is 10.5. The highest BCUT2D eigenvalue weighted by Crippen LogP contribution is 2.19. The van der Waals surface area contributed by atoms with Gasteiger partial charge in [0.2, 0.25) is 12.2 Å². The van der Waals surface area contributed by atoms with Crippen LogP contribution in [0.15, 0.2) is 12.3 Å². The second-order valence-corrected chi connectivity index (χ2v) is 5.39. The highest BCUT2D eigenvalue weighted by atomic mass is 16.2. The lowest BCUT2D eigenvalue weighted by Crippen LogP contribution is -2.35. The van der Waals surface area contributed by atoms with Gasteiger partial charge in [-0.2, -0.15) is 0 Å². The van der Waals surface area contributed by atoms with Crippen LogP contribution in [0.1, 0.15) is 102 Å². The van der Waals surface area contributed by atoms with Crippen LogP contribution in [0.5, 0.6) is 0 Å². The zero-order chi connectivity index (χ0) is 25.5. The maximum Gasteiger partial charge on any atom is 0.217 e. The summed E-state index contributed by atoms with van der Waals surface area (Å²) in [5.74, 6) is -0.588. The average molecular weight is 434 g/mol. The summed E-state index contributed by atoms with van der Waals surface area (Å²) in [6.45, 7) is 27.4. The number of likely N-dealkylation sites (tertiary alicyclic amines) is 1. The van der Waals surface area contributed by atoms with Crippen molar-refractivity contribution in [2.75, 3.05) is 13.6 Å². The fraction of sp³-hybridized carbons (Fsp3) is 0.792. The minimum Gasteiger partial charge on any atom is -0.373 e. The topological polar surface area (TPSA) is 92.5 Å². The van der Waals surface area contributed by atoms with E-state index in [1.807, 2.05) is 41.5 Å². The third-order valence-corrected chi connectivity index (χ3v) is 3.18. The molecule has 0 spiro atoms. The van der Waals surface area contributed by atoms with Gasteiger partial charge in [-0.25, -0.2) is 0 Å². The van der Waals surface area contributed by atoms with Gasteiger partial charge < -0.3 is 16.0 Å². The number of hydrogen-bond donors (Lipinski definition) is 2. The first kappa shape index (κ1) is 42.4. The smallest absolute Gasteiger partial charge is 0.217 e. The predicted molar refractivity (Wildman–Crippen MR) is 135 cm³/mol. The number of nitrogens with zero attached hydrogens (tertiary/aromatic N) is 1. The number of amides is 1. The lowest BCUT2D eigenvalue weighted by atomic mass is 10.1. The third-order valence-electron chi connectivity index (χ3n) is 3.18. The molecule has 30 heavy (non-hydrogen) atoms. The van der Waals surface area contributed by atoms with E-state index in [0.717, 1.165) is 6.04 Å². The van der Waals surface area contributed by atoms with Crippen LogP contribution in [0.4, 0.5) is 0 Å². The van der Waals surface area contributed by atoms with Gasteiger partial charge in [-0.15, -0.1) is 0 Å². The van der Waals surface area contributed by atoms with Crippen LogP contribution in [-0.4, -0.2) is 49.1 Å². The molecule has 0 saturated carbocycles. The number of nitrogens with two attached hydrogens (primary N) is 1. The number of nitrogens with one attached hydrogen (secondary N) is 1. The van der Waals surface area contributed by atoms with Crippen molar-refractivity contribution in [1.82, 2.24) is 10.2 Å². The van der Waals surface area contributed by atoms with Crippen molar-refractivity contribution >= 4 is 18.5 Å². The summed E-state index contributed by atoms with van der Waals surface area (Å²) >= 11 is 0. The van der Waals surface area contributed by atoms with Gasteiger partial charge in [0, 0.05) is 18.3 Å². The van der Waals surface area contributed by atoms with Crippen molar-refractivity contribution < 1.29 is 14.4 Å². The van der Waals surface area contributed by atoms with Crippen molar-refractivity contribution in [1.29, 1.82) is 0 Å². The Bertz CT molecular complexity index is 349. The minimum atomic E-state index is -0.644. The molecule has 1 aliphatic rings. The van der Waals surface area contributed by atoms with Gasteiger partial charge >= 0.3 is 0 Å². The SMILES string of the molecule is C=C(C)N1CCCC1C.CC.CC.CC.CCC.CCC(NC=O)C(=O)C=O.CN. The minimum absolute atomic E-state index is 0.213. The Morgan fingerprint density at radius 1 is 1.10 bits per heavy atom. The van der Waals surface area contributed by atoms with E-state index in [2.05, 4.69) is 50.2 Å². The Hall–Kier alpha value is -1.69. The Balaban J connectivity index is -0.0000000657. The second-order valence-electron chi connectivity index (χ2n) is 5.39. The Kier molecular flexibility index (Phi) is 58.9. The molecule has 0 aromatic heterocycles. The molecule has 1 fully saturated rings. The molecule has 0 radical (unpaired) electrons. The third kappa shape index (κ3) is 31.0. The highest BCUT2D eigenvalue weighted by Gasteiger charge is 2.18. The predicted octanol–water partition coefficient (Wildman–Crippen LogP) is 5.35. The summed E-state index contributed by atoms with van der Waals surface area (Å²) in [6, 6.07) is 0.0949. The molecule has 0 aromatic carbocycles. The summed E-state index contributed by atoms with van der Waals surface area (Å²) in [6.07, 6.45) is 5.00. The van der Waals surface area contributed by atoms with Gasteiger partial charge in [0.05, 0.1) is 6.04 Å². The molecule has 6 nitrogen and oxygen atoms in total. The van der Waals surface area contributed by atoms with Crippen molar-refractivity contribution in [3.63, 3.8) is 0 Å². The molecule has 6 heteroatoms. The van der Waals surface area contributed by atoms with E-state index in [1.54, 1.807) is 6.92 Å². The van der Waals surface area contributed by atoms with Gasteiger partial charge in [0.15, 0.2) is 6.29 Å². The first-order chi connectivity index (χ1) is 14.4. The molecular weight excluding hydrogens is 378 g/mol. The molecule has 1 saturated heterocycles. The van der Waals surface area contributed by atoms with E-state index < -0.39 is 11.8 Å². The Labute approximate surface area is 189 Å². The number of carbonyl (C=O) groups is 3. The quantitative estimate of drug-likeness (QED) is 0.435. The molecule has 0 aromatic rings. The van der Waals surface area contributed by atoms with Crippen molar-refractivity contribution in [2.45, 2.75) is 114 Å². The molecule has 1 rings (SSSR count). The van der Waals surface area contributed by atoms with Crippen LogP contribution in [0.2, 0.25) is 0 Å². The van der Waals surface area contributed by atoms with Gasteiger partial charge in [-0.1, -0.05) is 75.3 Å². The lowest BCUT2D eigenvalue weighted by Gasteiger charge is -2.22. The number of aldehydes is 1. The molecule has 1 aliphatic heterocycles. The molecule has 1 amide bonds. The van der Waals surface area contributed by atoms with E-state index >= 15 is 0 Å². The number of hydrogen-bond acceptors (Lipinski definition) is 5. The molecule has 1 heterocycles. The molecule has 184 valence electrons. The van der Waals surface area contributed by atoms with Crippen LogP contribution in [0.25, 0.3) is 0 Å². The molecule has 0 bridgehead atoms. The van der Waals surface area contributed by atoms with E-state index in [9.17, 15) is 14.4 Å². The first-order valence-corrected chi connectivity index (χ1v) is 11.6. The van der Waals surface area contributed by atoms with E-state index in [1.165, 1.54) is 38.6 Å². The summed E-state index contributed by atoms with van der Waals surface area (Å²) in [4.78, 5) is 32.6. The van der Waals surface area contributed by atoms with Crippen molar-refractivity contribution in [3.8, 4) is 0 Å². The van der Waals surface area contributed by atoms with Crippen LogP contribution < -0.4 is 11.1 Å². The summed E-state index contributed by atoms with van der Waals surface area (Å²) in [5.41, 5.74) is 5.72. The van der Waals surface area contributed by atoms with E-state index in [4.69, 9.17) is 0 Å². The maximum atomic E-state index is 10.5. The molecule has 2 atom stereocenters. The standard InChI is InChI=1S/C8H15N.C6H9NO3.C3H8.3C2H6.CH5N/c1-7(2)9-6-4-5-8(9)3;1-2-5(7-4-9)6(10)3-8;1-3-2;4*1-2/h8H,1,4-6H2,2-3H3;3-5H,2H2,1H3,(H,7,9);3H2,1-2H3;3*1-2H3;2H2,1H3. The van der Waals surface area contributed by atoms with Crippen molar-refractivity contribution in [3.05, 3.63) is 12.3 Å². The molecule has 3 N–H and O–H groups in total. The van der Waals surface area contributed by atoms with Gasteiger partial charge in [0.25, 0.3) is 0 Å². The molecule has 0 aliphatic carbocycles. The summed E-state index contributed by atoms with van der Waals surface area (Å²) in [7, 11) is 1.50. The first-order valence-electron chi connectivity index (χ1n) is 11.6. The van der Waals surface area contributed by atoms with Crippen molar-refractivity contribution in [2.24, 2.45) is 5.73 Å². The van der Waals surface area contributed by atoms with Crippen LogP contribution >= 0.6 is 0 Å². The Morgan fingerprint density at radius 2 is 1.50 bits per heavy atom. The second kappa shape index (κ2) is 41.6. The molecule has 2 unspecified atom stereocenters. The van der Waals surface area contributed by atoms with Gasteiger partial charge in [-0.3, -0.25) is 14.4 Å². The average Bonchev–Trinajstić information content (AvgIpc) is 3.24. The summed E-state index contributed by atoms with van der Waals surface area (Å²) in [5, 5.41) is 2.22. The van der Waals surface area contributed by atoms with Gasteiger partial charge in [-0.05, 0) is 40.2 Å². The monoisotopic (exact) mass is 433 g/mol. The largest absolute Gasteiger partial charge is 0.373 e. The normalized spacial score (nSPS) is 13.4. The Morgan fingerprint density at radius 3 is 1.67 bits per heavy atom. The number of rotatable bonds is 6. The molecular formula is C24H55N3O3. The fourth-order valence-corrected chi connectivity index (χ4v) is 2.07. The zero-order valence-electron chi connectivity index (χ0n) is 22.3. The van der Waals surface area contributed by atoms with Crippen LogP contribution in [0.3, 0.4) is 0 Å². The number of carbonyl (C=O) groups excluding carboxylic acids is 3. The number of Topliss-reactive ketones (excluding diaryl/α,β-unsaturated/α-hetero) is 1. The van der Waals surface area contributed by atoms with E-state index in [-0.39, 0.29) is 6.29 Å². The lowest BCUT2D eigenvalue weighted by molar-refractivity contribution is -0.132. The fourth-order valence-electron chi connectivity index (χ4n) is 2.07.